The summed E-state index contributed by atoms with van der Waals surface area (Å²) in [4.78, 5) is 13.7. The van der Waals surface area contributed by atoms with E-state index in [1.165, 1.54) is 24.2 Å². The van der Waals surface area contributed by atoms with Crippen LogP contribution in [-0.2, 0) is 0 Å². The Hall–Kier alpha value is -1.31. The molecule has 1 heterocycles. The number of hydrogen-bond donors (Lipinski definition) is 2. The number of amides is 1. The molecule has 1 fully saturated rings. The van der Waals surface area contributed by atoms with Crippen LogP contribution in [0.2, 0.25) is 0 Å². The molecule has 4 heteroatoms. The fourth-order valence-electron chi connectivity index (χ4n) is 1.91. The van der Waals surface area contributed by atoms with Crippen molar-refractivity contribution in [2.45, 2.75) is 39.2 Å². The van der Waals surface area contributed by atoms with Crippen LogP contribution in [0.4, 0.5) is 0 Å². The summed E-state index contributed by atoms with van der Waals surface area (Å²) in [6.07, 6.45) is 2.92. The Morgan fingerprint density at radius 1 is 1.63 bits per heavy atom. The van der Waals surface area contributed by atoms with E-state index >= 15 is 0 Å². The van der Waals surface area contributed by atoms with Gasteiger partial charge in [-0.25, -0.2) is 0 Å². The lowest BCUT2D eigenvalue weighted by molar-refractivity contribution is 0.0940. The lowest BCUT2D eigenvalue weighted by Crippen LogP contribution is -2.33. The molecule has 1 aromatic rings. The Kier molecular flexibility index (Phi) is 4.62. The van der Waals surface area contributed by atoms with Crippen LogP contribution >= 0.6 is 11.3 Å². The van der Waals surface area contributed by atoms with Crippen molar-refractivity contribution in [3.05, 3.63) is 21.4 Å². The lowest BCUT2D eigenvalue weighted by atomic mass is 10.2. The van der Waals surface area contributed by atoms with Crippen molar-refractivity contribution in [1.29, 1.82) is 0 Å². The molecule has 1 amide bonds. The van der Waals surface area contributed by atoms with E-state index in [0.29, 0.717) is 12.3 Å². The summed E-state index contributed by atoms with van der Waals surface area (Å²) >= 11 is 1.42. The highest BCUT2D eigenvalue weighted by Gasteiger charge is 2.29. The summed E-state index contributed by atoms with van der Waals surface area (Å²) in [5, 5.41) is 11.8. The van der Waals surface area contributed by atoms with Gasteiger partial charge in [-0.2, -0.15) is 0 Å². The van der Waals surface area contributed by atoms with Gasteiger partial charge < -0.3 is 10.4 Å². The maximum atomic E-state index is 12.1. The number of nitrogens with one attached hydrogen (secondary N) is 1. The average molecular weight is 277 g/mol. The molecule has 0 saturated heterocycles. The number of aliphatic hydroxyl groups excluding tert-OH is 1. The Balaban J connectivity index is 2.02. The van der Waals surface area contributed by atoms with E-state index in [9.17, 15) is 4.79 Å². The highest BCUT2D eigenvalue weighted by atomic mass is 32.1. The van der Waals surface area contributed by atoms with Gasteiger partial charge in [0.1, 0.15) is 0 Å². The SMILES string of the molecule is Cc1cc(C(=O)NC(C)C2CC2)sc1C#CCCO. The molecule has 19 heavy (non-hydrogen) atoms. The van der Waals surface area contributed by atoms with Crippen LogP contribution in [0.25, 0.3) is 0 Å². The van der Waals surface area contributed by atoms with Crippen molar-refractivity contribution in [2.24, 2.45) is 5.92 Å². The molecule has 0 spiro atoms. The number of carbonyl (C=O) groups excluding carboxylic acids is 1. The average Bonchev–Trinajstić information content (AvgIpc) is 3.15. The molecule has 0 aliphatic heterocycles. The van der Waals surface area contributed by atoms with E-state index < -0.39 is 0 Å². The first-order valence-corrected chi connectivity index (χ1v) is 7.44. The smallest absolute Gasteiger partial charge is 0.261 e. The quantitative estimate of drug-likeness (QED) is 0.830. The van der Waals surface area contributed by atoms with Gasteiger partial charge in [0.2, 0.25) is 0 Å². The zero-order valence-electron chi connectivity index (χ0n) is 11.3. The maximum Gasteiger partial charge on any atom is 0.261 e. The van der Waals surface area contributed by atoms with E-state index in [1.807, 2.05) is 13.0 Å². The fraction of sp³-hybridized carbons (Fsp3) is 0.533. The molecule has 1 aromatic heterocycles. The second-order valence-electron chi connectivity index (χ2n) is 5.00. The van der Waals surface area contributed by atoms with Gasteiger partial charge >= 0.3 is 0 Å². The molecule has 2 N–H and O–H groups in total. The molecule has 0 aromatic carbocycles. The highest BCUT2D eigenvalue weighted by Crippen LogP contribution is 2.32. The van der Waals surface area contributed by atoms with Crippen LogP contribution in [0, 0.1) is 24.7 Å². The number of aliphatic hydroxyl groups is 1. The van der Waals surface area contributed by atoms with E-state index in [-0.39, 0.29) is 18.6 Å². The Morgan fingerprint density at radius 3 is 3.00 bits per heavy atom. The molecule has 1 aliphatic rings. The number of rotatable bonds is 4. The molecule has 102 valence electrons. The van der Waals surface area contributed by atoms with Crippen LogP contribution < -0.4 is 5.32 Å². The molecule has 1 saturated carbocycles. The largest absolute Gasteiger partial charge is 0.395 e. The summed E-state index contributed by atoms with van der Waals surface area (Å²) in [6.45, 7) is 4.10. The normalized spacial score (nSPS) is 15.5. The van der Waals surface area contributed by atoms with Crippen LogP contribution in [0.1, 0.15) is 46.3 Å². The van der Waals surface area contributed by atoms with E-state index in [4.69, 9.17) is 5.11 Å². The van der Waals surface area contributed by atoms with Crippen LogP contribution in [0.15, 0.2) is 6.07 Å². The zero-order chi connectivity index (χ0) is 13.8. The van der Waals surface area contributed by atoms with Gasteiger partial charge in [-0.3, -0.25) is 4.79 Å². The van der Waals surface area contributed by atoms with Gasteiger partial charge in [-0.15, -0.1) is 11.3 Å². The number of carbonyl (C=O) groups is 1. The van der Waals surface area contributed by atoms with Crippen LogP contribution in [0.5, 0.6) is 0 Å². The molecule has 0 radical (unpaired) electrons. The van der Waals surface area contributed by atoms with Crippen molar-refractivity contribution in [2.75, 3.05) is 6.61 Å². The second-order valence-corrected chi connectivity index (χ2v) is 6.05. The van der Waals surface area contributed by atoms with Gasteiger partial charge in [0.25, 0.3) is 5.91 Å². The minimum absolute atomic E-state index is 0.00251. The molecule has 3 nitrogen and oxygen atoms in total. The second kappa shape index (κ2) is 6.23. The number of thiophene rings is 1. The van der Waals surface area contributed by atoms with Crippen molar-refractivity contribution in [3.63, 3.8) is 0 Å². The first kappa shape index (κ1) is 14.1. The first-order valence-electron chi connectivity index (χ1n) is 6.63. The first-order chi connectivity index (χ1) is 9.11. The number of hydrogen-bond acceptors (Lipinski definition) is 3. The highest BCUT2D eigenvalue weighted by molar-refractivity contribution is 7.14. The van der Waals surface area contributed by atoms with Gasteiger partial charge in [0.15, 0.2) is 0 Å². The third kappa shape index (κ3) is 3.82. The standard InChI is InChI=1S/C15H19NO2S/c1-10-9-14(19-13(10)5-3-4-8-17)15(18)16-11(2)12-6-7-12/h9,11-12,17H,4,6-8H2,1-2H3,(H,16,18). The van der Waals surface area contributed by atoms with Crippen LogP contribution in [0.3, 0.4) is 0 Å². The molecule has 1 unspecified atom stereocenters. The Morgan fingerprint density at radius 2 is 2.37 bits per heavy atom. The molecule has 2 rings (SSSR count). The third-order valence-corrected chi connectivity index (χ3v) is 4.42. The maximum absolute atomic E-state index is 12.1. The summed E-state index contributed by atoms with van der Waals surface area (Å²) in [7, 11) is 0. The summed E-state index contributed by atoms with van der Waals surface area (Å²) in [6, 6.07) is 2.15. The predicted octanol–water partition coefficient (Wildman–Crippen LogP) is 2.32. The van der Waals surface area contributed by atoms with Crippen molar-refractivity contribution in [3.8, 4) is 11.8 Å². The van der Waals surface area contributed by atoms with Gasteiger partial charge in [-0.05, 0) is 44.2 Å². The van der Waals surface area contributed by atoms with Gasteiger partial charge in [0, 0.05) is 12.5 Å². The minimum Gasteiger partial charge on any atom is -0.395 e. The number of aryl methyl sites for hydroxylation is 1. The van der Waals surface area contributed by atoms with E-state index in [1.54, 1.807) is 0 Å². The Labute approximate surface area is 118 Å². The minimum atomic E-state index is 0.00251. The molecule has 1 aliphatic carbocycles. The predicted molar refractivity (Wildman–Crippen MR) is 77.3 cm³/mol. The zero-order valence-corrected chi connectivity index (χ0v) is 12.1. The lowest BCUT2D eigenvalue weighted by Gasteiger charge is -2.11. The van der Waals surface area contributed by atoms with Gasteiger partial charge in [-0.1, -0.05) is 11.8 Å². The summed E-state index contributed by atoms with van der Waals surface area (Å²) in [5.74, 6) is 6.56. The fourth-order valence-corrected chi connectivity index (χ4v) is 2.86. The van der Waals surface area contributed by atoms with Crippen LogP contribution in [-0.4, -0.2) is 23.7 Å². The van der Waals surface area contributed by atoms with Crippen molar-refractivity contribution < 1.29 is 9.90 Å². The monoisotopic (exact) mass is 277 g/mol. The summed E-state index contributed by atoms with van der Waals surface area (Å²) in [5.41, 5.74) is 1.03. The van der Waals surface area contributed by atoms with Gasteiger partial charge in [0.05, 0.1) is 16.4 Å². The van der Waals surface area contributed by atoms with Crippen molar-refractivity contribution in [1.82, 2.24) is 5.32 Å². The third-order valence-electron chi connectivity index (χ3n) is 3.27. The van der Waals surface area contributed by atoms with Crippen molar-refractivity contribution >= 4 is 17.2 Å². The molecule has 1 atom stereocenters. The summed E-state index contributed by atoms with van der Waals surface area (Å²) < 4.78 is 0. The topological polar surface area (TPSA) is 49.3 Å². The molecular weight excluding hydrogens is 258 g/mol. The Bertz CT molecular complexity index is 520. The van der Waals surface area contributed by atoms with E-state index in [0.717, 1.165) is 15.3 Å². The molecule has 0 bridgehead atoms. The molecular formula is C15H19NO2S. The van der Waals surface area contributed by atoms with E-state index in [2.05, 4.69) is 24.1 Å².